The lowest BCUT2D eigenvalue weighted by Gasteiger charge is -2.60. The van der Waals surface area contributed by atoms with Gasteiger partial charge in [0.05, 0.1) is 18.1 Å². The Bertz CT molecular complexity index is 850. The summed E-state index contributed by atoms with van der Waals surface area (Å²) in [5.74, 6) is -3.24. The highest BCUT2D eigenvalue weighted by atomic mass is 16.7. The average molecular weight is 438 g/mol. The smallest absolute Gasteiger partial charge is 0.341 e. The fraction of sp³-hybridized carbons (Fsp3) is 0.773. The number of ether oxygens (including phenoxy) is 4. The van der Waals surface area contributed by atoms with Gasteiger partial charge in [0.15, 0.2) is 5.60 Å². The van der Waals surface area contributed by atoms with Crippen molar-refractivity contribution < 1.29 is 43.5 Å². The van der Waals surface area contributed by atoms with Crippen molar-refractivity contribution in [2.45, 2.75) is 89.2 Å². The Balaban J connectivity index is 1.71. The molecule has 10 atom stereocenters. The molecule has 0 aromatic rings. The standard InChI is InChI=1S/C22H30O9/c1-9-15-12(29-19(26)22(6)10(2)31-22)8-20(4)13(24)7-14(28-11(3)23)21(5,27)17(20)16(15)30-18(9)25/h10,12-17,24,27H,1,7-8H2,2-6H3/t10-,12+,13+,14-,15+,16-,17+,20-,21-,22+/m0/s1. The molecule has 2 N–H and O–H groups in total. The fourth-order valence-electron chi connectivity index (χ4n) is 5.92. The van der Waals surface area contributed by atoms with Gasteiger partial charge in [-0.15, -0.1) is 0 Å². The Morgan fingerprint density at radius 3 is 2.39 bits per heavy atom. The summed E-state index contributed by atoms with van der Waals surface area (Å²) in [7, 11) is 0. The number of rotatable bonds is 3. The maximum Gasteiger partial charge on any atom is 0.341 e. The molecule has 0 radical (unpaired) electrons. The summed E-state index contributed by atoms with van der Waals surface area (Å²) in [6.45, 7) is 11.8. The van der Waals surface area contributed by atoms with Crippen LogP contribution in [-0.4, -0.2) is 69.8 Å². The van der Waals surface area contributed by atoms with Gasteiger partial charge in [-0.05, 0) is 27.2 Å². The SMILES string of the molecule is C=C1C(=O)O[C@H]2[C@H]1[C@H](OC(=O)[C@]1(C)O[C@H]1C)C[C@@]1(C)[C@H](O)C[C@H](OC(C)=O)[C@](C)(O)[C@H]21. The van der Waals surface area contributed by atoms with E-state index in [4.69, 9.17) is 18.9 Å². The van der Waals surface area contributed by atoms with Crippen LogP contribution in [-0.2, 0) is 33.3 Å². The van der Waals surface area contributed by atoms with Crippen molar-refractivity contribution in [1.82, 2.24) is 0 Å². The highest BCUT2D eigenvalue weighted by Gasteiger charge is 2.70. The lowest BCUT2D eigenvalue weighted by Crippen LogP contribution is -2.70. The molecule has 2 saturated carbocycles. The summed E-state index contributed by atoms with van der Waals surface area (Å²) in [6, 6.07) is 0. The Kier molecular flexibility index (Phi) is 4.85. The molecule has 4 fully saturated rings. The van der Waals surface area contributed by atoms with Gasteiger partial charge in [-0.25, -0.2) is 9.59 Å². The van der Waals surface area contributed by atoms with E-state index in [1.54, 1.807) is 20.8 Å². The summed E-state index contributed by atoms with van der Waals surface area (Å²) in [4.78, 5) is 36.8. The zero-order valence-corrected chi connectivity index (χ0v) is 18.4. The third-order valence-electron chi connectivity index (χ3n) is 7.93. The van der Waals surface area contributed by atoms with Gasteiger partial charge in [0.1, 0.15) is 23.9 Å². The largest absolute Gasteiger partial charge is 0.459 e. The second-order valence-electron chi connectivity index (χ2n) is 9.99. The molecule has 2 aliphatic heterocycles. The third-order valence-corrected chi connectivity index (χ3v) is 7.93. The van der Waals surface area contributed by atoms with Crippen molar-refractivity contribution in [1.29, 1.82) is 0 Å². The molecule has 0 spiro atoms. The van der Waals surface area contributed by atoms with Gasteiger partial charge in [-0.1, -0.05) is 13.5 Å². The number of aliphatic hydroxyl groups excluding tert-OH is 1. The topological polar surface area (TPSA) is 132 Å². The van der Waals surface area contributed by atoms with Crippen LogP contribution in [0, 0.1) is 17.3 Å². The molecule has 9 heteroatoms. The van der Waals surface area contributed by atoms with Gasteiger partial charge in [-0.3, -0.25) is 4.79 Å². The van der Waals surface area contributed by atoms with Crippen LogP contribution < -0.4 is 0 Å². The summed E-state index contributed by atoms with van der Waals surface area (Å²) < 4.78 is 22.1. The number of esters is 3. The van der Waals surface area contributed by atoms with Crippen molar-refractivity contribution >= 4 is 17.9 Å². The molecule has 2 saturated heterocycles. The van der Waals surface area contributed by atoms with Crippen molar-refractivity contribution in [3.63, 3.8) is 0 Å². The first-order chi connectivity index (χ1) is 14.2. The van der Waals surface area contributed by atoms with Gasteiger partial charge in [0.2, 0.25) is 0 Å². The quantitative estimate of drug-likeness (QED) is 0.282. The Morgan fingerprint density at radius 1 is 1.23 bits per heavy atom. The molecular formula is C22H30O9. The number of hydrogen-bond donors (Lipinski definition) is 2. The Hall–Kier alpha value is -1.97. The zero-order chi connectivity index (χ0) is 23.1. The minimum absolute atomic E-state index is 0.00435. The lowest BCUT2D eigenvalue weighted by molar-refractivity contribution is -0.267. The fourth-order valence-corrected chi connectivity index (χ4v) is 5.92. The first kappa shape index (κ1) is 22.2. The number of hydrogen-bond acceptors (Lipinski definition) is 9. The number of fused-ring (bicyclic) bond motifs is 3. The minimum Gasteiger partial charge on any atom is -0.459 e. The van der Waals surface area contributed by atoms with Crippen molar-refractivity contribution in [2.24, 2.45) is 17.3 Å². The van der Waals surface area contributed by atoms with Gasteiger partial charge < -0.3 is 29.2 Å². The molecule has 9 nitrogen and oxygen atoms in total. The molecule has 0 unspecified atom stereocenters. The van der Waals surface area contributed by atoms with Crippen molar-refractivity contribution in [2.75, 3.05) is 0 Å². The van der Waals surface area contributed by atoms with E-state index in [0.717, 1.165) is 0 Å². The molecule has 31 heavy (non-hydrogen) atoms. The molecule has 2 heterocycles. The van der Waals surface area contributed by atoms with Gasteiger partial charge in [-0.2, -0.15) is 0 Å². The maximum absolute atomic E-state index is 12.8. The van der Waals surface area contributed by atoms with Crippen LogP contribution in [0.5, 0.6) is 0 Å². The molecule has 4 rings (SSSR count). The van der Waals surface area contributed by atoms with Crippen molar-refractivity contribution in [3.05, 3.63) is 12.2 Å². The van der Waals surface area contributed by atoms with E-state index in [2.05, 4.69) is 6.58 Å². The second-order valence-corrected chi connectivity index (χ2v) is 9.99. The Labute approximate surface area is 180 Å². The molecule has 0 bridgehead atoms. The number of epoxide rings is 1. The van der Waals surface area contributed by atoms with E-state index >= 15 is 0 Å². The van der Waals surface area contributed by atoms with E-state index in [1.807, 2.05) is 0 Å². The van der Waals surface area contributed by atoms with Crippen LogP contribution >= 0.6 is 0 Å². The summed E-state index contributed by atoms with van der Waals surface area (Å²) in [5, 5.41) is 22.6. The normalized spacial score (nSPS) is 50.7. The lowest BCUT2D eigenvalue weighted by atomic mass is 9.49. The number of carbonyl (C=O) groups excluding carboxylic acids is 3. The maximum atomic E-state index is 12.8. The van der Waals surface area contributed by atoms with Crippen molar-refractivity contribution in [3.8, 4) is 0 Å². The predicted octanol–water partition coefficient (Wildman–Crippen LogP) is 0.647. The molecule has 4 aliphatic rings. The second kappa shape index (κ2) is 6.76. The molecule has 0 aromatic carbocycles. The molecule has 2 aliphatic carbocycles. The van der Waals surface area contributed by atoms with Crippen LogP contribution in [0.15, 0.2) is 12.2 Å². The van der Waals surface area contributed by atoms with Crippen LogP contribution in [0.3, 0.4) is 0 Å². The van der Waals surface area contributed by atoms with E-state index in [0.29, 0.717) is 0 Å². The summed E-state index contributed by atoms with van der Waals surface area (Å²) >= 11 is 0. The summed E-state index contributed by atoms with van der Waals surface area (Å²) in [5.41, 5.74) is -3.47. The van der Waals surface area contributed by atoms with Gasteiger partial charge in [0.25, 0.3) is 0 Å². The first-order valence-electron chi connectivity index (χ1n) is 10.6. The van der Waals surface area contributed by atoms with Crippen LogP contribution in [0.25, 0.3) is 0 Å². The minimum atomic E-state index is -1.59. The predicted molar refractivity (Wildman–Crippen MR) is 104 cm³/mol. The Morgan fingerprint density at radius 2 is 1.84 bits per heavy atom. The summed E-state index contributed by atoms with van der Waals surface area (Å²) in [6.07, 6.45) is -3.77. The van der Waals surface area contributed by atoms with Crippen LogP contribution in [0.2, 0.25) is 0 Å². The highest BCUT2D eigenvalue weighted by Crippen LogP contribution is 2.60. The molecule has 0 aromatic heterocycles. The van der Waals surface area contributed by atoms with Crippen LogP contribution in [0.1, 0.15) is 47.5 Å². The van der Waals surface area contributed by atoms with E-state index in [1.165, 1.54) is 13.8 Å². The number of carbonyl (C=O) groups is 3. The molecule has 172 valence electrons. The third kappa shape index (κ3) is 3.12. The van der Waals surface area contributed by atoms with E-state index in [-0.39, 0.29) is 24.5 Å². The number of aliphatic hydroxyl groups is 2. The highest BCUT2D eigenvalue weighted by molar-refractivity contribution is 5.91. The average Bonchev–Trinajstić information content (AvgIpc) is 3.15. The first-order valence-corrected chi connectivity index (χ1v) is 10.6. The molecular weight excluding hydrogens is 408 g/mol. The zero-order valence-electron chi connectivity index (χ0n) is 18.4. The van der Waals surface area contributed by atoms with Gasteiger partial charge in [0, 0.05) is 30.3 Å². The monoisotopic (exact) mass is 438 g/mol. The van der Waals surface area contributed by atoms with Gasteiger partial charge >= 0.3 is 17.9 Å². The van der Waals surface area contributed by atoms with E-state index < -0.39 is 70.8 Å². The van der Waals surface area contributed by atoms with Crippen LogP contribution in [0.4, 0.5) is 0 Å². The van der Waals surface area contributed by atoms with E-state index in [9.17, 15) is 24.6 Å². The molecule has 0 amide bonds.